The van der Waals surface area contributed by atoms with Crippen LogP contribution in [0, 0.1) is 5.92 Å². The topological polar surface area (TPSA) is 72.9 Å². The summed E-state index contributed by atoms with van der Waals surface area (Å²) in [5.74, 6) is -0.0847. The molecule has 156 valence electrons. The van der Waals surface area contributed by atoms with E-state index < -0.39 is 5.97 Å². The van der Waals surface area contributed by atoms with E-state index in [2.05, 4.69) is 20.7 Å². The van der Waals surface area contributed by atoms with Gasteiger partial charge in [-0.3, -0.25) is 14.5 Å². The second kappa shape index (κ2) is 10.00. The molecule has 2 amide bonds. The summed E-state index contributed by atoms with van der Waals surface area (Å²) in [5.41, 5.74) is 0.649. The van der Waals surface area contributed by atoms with Crippen molar-refractivity contribution >= 4 is 62.5 Å². The maximum Gasteiger partial charge on any atom is 0.343 e. The molecule has 1 saturated heterocycles. The van der Waals surface area contributed by atoms with Crippen LogP contribution in [0.5, 0.6) is 5.75 Å². The number of imide groups is 1. The average molecular weight is 503 g/mol. The largest absolute Gasteiger partial charge is 0.479 e. The first-order valence-electron chi connectivity index (χ1n) is 9.33. The predicted molar refractivity (Wildman–Crippen MR) is 116 cm³/mol. The van der Waals surface area contributed by atoms with Crippen LogP contribution in [0.3, 0.4) is 0 Å². The third kappa shape index (κ3) is 5.55. The van der Waals surface area contributed by atoms with Crippen LogP contribution < -0.4 is 4.74 Å². The number of methoxy groups -OCH3 is 1. The van der Waals surface area contributed by atoms with Crippen LogP contribution in [-0.2, 0) is 14.3 Å². The van der Waals surface area contributed by atoms with Gasteiger partial charge in [0.1, 0.15) is 0 Å². The van der Waals surface area contributed by atoms with Crippen LogP contribution in [0.4, 0.5) is 4.79 Å². The molecule has 1 aromatic carbocycles. The SMILES string of the molecule is COC(=O)COc1c(Cl)cc(/C=C2/SC(=O)N(CC3CCCCC3)C2=O)cc1Br. The minimum absolute atomic E-state index is 0.227. The Morgan fingerprint density at radius 2 is 2.03 bits per heavy atom. The molecule has 0 bridgehead atoms. The molecule has 1 saturated carbocycles. The second-order valence-electron chi connectivity index (χ2n) is 6.97. The average Bonchev–Trinajstić information content (AvgIpc) is 2.95. The van der Waals surface area contributed by atoms with E-state index in [-0.39, 0.29) is 22.8 Å². The van der Waals surface area contributed by atoms with Crippen LogP contribution >= 0.6 is 39.3 Å². The molecule has 1 aromatic rings. The summed E-state index contributed by atoms with van der Waals surface area (Å²) >= 11 is 10.6. The molecule has 0 radical (unpaired) electrons. The van der Waals surface area contributed by atoms with E-state index in [0.717, 1.165) is 37.4 Å². The van der Waals surface area contributed by atoms with Crippen molar-refractivity contribution in [3.63, 3.8) is 0 Å². The normalized spacial score (nSPS) is 19.1. The van der Waals surface area contributed by atoms with Crippen LogP contribution in [0.25, 0.3) is 6.08 Å². The number of hydrogen-bond acceptors (Lipinski definition) is 6. The van der Waals surface area contributed by atoms with E-state index >= 15 is 0 Å². The van der Waals surface area contributed by atoms with Gasteiger partial charge in [0.15, 0.2) is 12.4 Å². The summed E-state index contributed by atoms with van der Waals surface area (Å²) < 4.78 is 10.4. The van der Waals surface area contributed by atoms with Crippen molar-refractivity contribution in [1.29, 1.82) is 0 Å². The summed E-state index contributed by atoms with van der Waals surface area (Å²) in [6.45, 7) is 0.223. The Labute approximate surface area is 187 Å². The number of amides is 2. The molecular formula is C20H21BrClNO5S. The lowest BCUT2D eigenvalue weighted by molar-refractivity contribution is -0.142. The molecule has 1 aliphatic carbocycles. The number of rotatable bonds is 6. The Bertz CT molecular complexity index is 830. The monoisotopic (exact) mass is 501 g/mol. The van der Waals surface area contributed by atoms with E-state index in [1.54, 1.807) is 18.2 Å². The van der Waals surface area contributed by atoms with Crippen molar-refractivity contribution in [2.24, 2.45) is 5.92 Å². The molecule has 1 aliphatic heterocycles. The molecule has 1 heterocycles. The lowest BCUT2D eigenvalue weighted by atomic mass is 9.89. The number of halogens is 2. The van der Waals surface area contributed by atoms with Crippen molar-refractivity contribution in [2.75, 3.05) is 20.3 Å². The number of carbonyl (C=O) groups excluding carboxylic acids is 3. The Morgan fingerprint density at radius 1 is 1.31 bits per heavy atom. The Morgan fingerprint density at radius 3 is 2.69 bits per heavy atom. The summed E-state index contributed by atoms with van der Waals surface area (Å²) in [4.78, 5) is 38.1. The quantitative estimate of drug-likeness (QED) is 0.390. The summed E-state index contributed by atoms with van der Waals surface area (Å²) in [6, 6.07) is 3.33. The third-order valence-electron chi connectivity index (χ3n) is 4.92. The summed E-state index contributed by atoms with van der Waals surface area (Å²) in [7, 11) is 1.27. The van der Waals surface area contributed by atoms with E-state index in [9.17, 15) is 14.4 Å². The van der Waals surface area contributed by atoms with Crippen molar-refractivity contribution in [2.45, 2.75) is 32.1 Å². The number of hydrogen-bond donors (Lipinski definition) is 0. The molecule has 3 rings (SSSR count). The smallest absolute Gasteiger partial charge is 0.343 e. The Balaban J connectivity index is 1.73. The first-order valence-corrected chi connectivity index (χ1v) is 11.3. The van der Waals surface area contributed by atoms with Crippen LogP contribution in [-0.4, -0.2) is 42.3 Å². The van der Waals surface area contributed by atoms with Gasteiger partial charge in [0, 0.05) is 6.54 Å². The van der Waals surface area contributed by atoms with E-state index in [1.807, 2.05) is 0 Å². The van der Waals surface area contributed by atoms with Gasteiger partial charge in [-0.2, -0.15) is 0 Å². The molecule has 2 fully saturated rings. The zero-order chi connectivity index (χ0) is 21.0. The fraction of sp³-hybridized carbons (Fsp3) is 0.450. The van der Waals surface area contributed by atoms with Crippen LogP contribution in [0.15, 0.2) is 21.5 Å². The van der Waals surface area contributed by atoms with Crippen molar-refractivity contribution < 1.29 is 23.9 Å². The van der Waals surface area contributed by atoms with Crippen molar-refractivity contribution in [3.8, 4) is 5.75 Å². The van der Waals surface area contributed by atoms with E-state index in [1.165, 1.54) is 18.4 Å². The fourth-order valence-corrected chi connectivity index (χ4v) is 5.26. The number of ether oxygens (including phenoxy) is 2. The Hall–Kier alpha value is -1.51. The van der Waals surface area contributed by atoms with Gasteiger partial charge in [-0.1, -0.05) is 30.9 Å². The van der Waals surface area contributed by atoms with Gasteiger partial charge >= 0.3 is 5.97 Å². The number of carbonyl (C=O) groups is 3. The zero-order valence-corrected chi connectivity index (χ0v) is 19.1. The number of esters is 1. The van der Waals surface area contributed by atoms with Gasteiger partial charge in [0.25, 0.3) is 11.1 Å². The lowest BCUT2D eigenvalue weighted by Gasteiger charge is -2.25. The third-order valence-corrected chi connectivity index (χ3v) is 6.70. The highest BCUT2D eigenvalue weighted by atomic mass is 79.9. The van der Waals surface area contributed by atoms with Gasteiger partial charge in [0.05, 0.1) is 21.5 Å². The predicted octanol–water partition coefficient (Wildman–Crippen LogP) is 5.27. The summed E-state index contributed by atoms with van der Waals surface area (Å²) in [6.07, 6.45) is 7.33. The molecule has 0 atom stereocenters. The number of benzene rings is 1. The minimum atomic E-state index is -0.524. The van der Waals surface area contributed by atoms with Gasteiger partial charge in [0.2, 0.25) is 0 Å². The van der Waals surface area contributed by atoms with Crippen molar-refractivity contribution in [3.05, 3.63) is 32.1 Å². The lowest BCUT2D eigenvalue weighted by Crippen LogP contribution is -2.34. The number of nitrogens with zero attached hydrogens (tertiary/aromatic N) is 1. The van der Waals surface area contributed by atoms with Gasteiger partial charge in [-0.05, 0) is 70.2 Å². The molecular weight excluding hydrogens is 482 g/mol. The van der Waals surface area contributed by atoms with Crippen LogP contribution in [0.1, 0.15) is 37.7 Å². The fourth-order valence-electron chi connectivity index (χ4n) is 3.43. The van der Waals surface area contributed by atoms with Gasteiger partial charge in [-0.15, -0.1) is 0 Å². The van der Waals surface area contributed by atoms with Crippen LogP contribution in [0.2, 0.25) is 5.02 Å². The van der Waals surface area contributed by atoms with Gasteiger partial charge in [-0.25, -0.2) is 4.79 Å². The first-order chi connectivity index (χ1) is 13.9. The molecule has 29 heavy (non-hydrogen) atoms. The van der Waals surface area contributed by atoms with Crippen molar-refractivity contribution in [1.82, 2.24) is 4.90 Å². The maximum absolute atomic E-state index is 12.7. The summed E-state index contributed by atoms with van der Waals surface area (Å²) in [5, 5.41) is 0.0472. The molecule has 0 N–H and O–H groups in total. The van der Waals surface area contributed by atoms with E-state index in [0.29, 0.717) is 33.2 Å². The highest BCUT2D eigenvalue weighted by Gasteiger charge is 2.36. The number of thioether (sulfide) groups is 1. The molecule has 0 spiro atoms. The molecule has 9 heteroatoms. The molecule has 6 nitrogen and oxygen atoms in total. The first kappa shape index (κ1) is 22.2. The van der Waals surface area contributed by atoms with Gasteiger partial charge < -0.3 is 9.47 Å². The van der Waals surface area contributed by atoms with E-state index in [4.69, 9.17) is 16.3 Å². The Kier molecular flexibility index (Phi) is 7.65. The standard InChI is InChI=1S/C20H21BrClNO5S/c1-27-17(24)11-28-18-14(21)7-13(8-15(18)22)9-16-19(25)23(20(26)29-16)10-12-5-3-2-4-6-12/h7-9,12H,2-6,10-11H2,1H3/b16-9+. The highest BCUT2D eigenvalue weighted by Crippen LogP contribution is 2.38. The second-order valence-corrected chi connectivity index (χ2v) is 9.23. The highest BCUT2D eigenvalue weighted by molar-refractivity contribution is 9.10. The maximum atomic E-state index is 12.7. The zero-order valence-electron chi connectivity index (χ0n) is 15.9. The minimum Gasteiger partial charge on any atom is -0.479 e. The molecule has 0 unspecified atom stereocenters. The molecule has 0 aromatic heterocycles. The molecule has 2 aliphatic rings.